The van der Waals surface area contributed by atoms with E-state index in [-0.39, 0.29) is 17.6 Å². The molecule has 0 fully saturated rings. The van der Waals surface area contributed by atoms with E-state index < -0.39 is 10.8 Å². The molecule has 0 aliphatic carbocycles. The Morgan fingerprint density at radius 1 is 1.12 bits per heavy atom. The van der Waals surface area contributed by atoms with Crippen LogP contribution in [0.5, 0.6) is 0 Å². The molecule has 3 rings (SSSR count). The third-order valence-electron chi connectivity index (χ3n) is 3.28. The Bertz CT molecular complexity index is 965. The van der Waals surface area contributed by atoms with Gasteiger partial charge in [0.2, 0.25) is 5.89 Å². The van der Waals surface area contributed by atoms with E-state index in [1.807, 2.05) is 12.1 Å². The molecule has 130 valence electrons. The molecule has 0 saturated heterocycles. The van der Waals surface area contributed by atoms with Gasteiger partial charge in [0.1, 0.15) is 0 Å². The molecule has 1 aromatic heterocycles. The number of nitro benzene ring substituents is 1. The minimum Gasteiger partial charge on any atom is -0.403 e. The van der Waals surface area contributed by atoms with E-state index in [1.54, 1.807) is 24.3 Å². The Labute approximate surface area is 155 Å². The SMILES string of the molecule is O=C(C=Cc1ccc([N+](=O)[O-])cc1)Nc1nnc(-c2ccc(Br)cc2)o1. The number of nitrogens with zero attached hydrogens (tertiary/aromatic N) is 3. The molecule has 0 saturated carbocycles. The van der Waals surface area contributed by atoms with Crippen molar-refractivity contribution < 1.29 is 14.1 Å². The number of nitro groups is 1. The molecular weight excluding hydrogens is 404 g/mol. The van der Waals surface area contributed by atoms with E-state index in [9.17, 15) is 14.9 Å². The van der Waals surface area contributed by atoms with Crippen LogP contribution in [-0.2, 0) is 4.79 Å². The molecule has 3 aromatic rings. The normalized spacial score (nSPS) is 10.8. The van der Waals surface area contributed by atoms with E-state index >= 15 is 0 Å². The Hall–Kier alpha value is -3.33. The van der Waals surface area contributed by atoms with Crippen LogP contribution in [0, 0.1) is 10.1 Å². The fourth-order valence-corrected chi connectivity index (χ4v) is 2.27. The molecule has 0 atom stereocenters. The van der Waals surface area contributed by atoms with Gasteiger partial charge in [0.15, 0.2) is 0 Å². The minimum absolute atomic E-state index is 0.0158. The lowest BCUT2D eigenvalue weighted by molar-refractivity contribution is -0.384. The number of hydrogen-bond acceptors (Lipinski definition) is 6. The van der Waals surface area contributed by atoms with Crippen LogP contribution in [0.1, 0.15) is 5.56 Å². The van der Waals surface area contributed by atoms with E-state index in [2.05, 4.69) is 31.4 Å². The monoisotopic (exact) mass is 414 g/mol. The first kappa shape index (κ1) is 17.5. The molecule has 9 heteroatoms. The summed E-state index contributed by atoms with van der Waals surface area (Å²) in [5.41, 5.74) is 1.35. The van der Waals surface area contributed by atoms with Crippen molar-refractivity contribution in [3.63, 3.8) is 0 Å². The van der Waals surface area contributed by atoms with Crippen molar-refractivity contribution in [1.29, 1.82) is 0 Å². The fraction of sp³-hybridized carbons (Fsp3) is 0. The largest absolute Gasteiger partial charge is 0.403 e. The molecule has 1 N–H and O–H groups in total. The molecule has 0 aliphatic heterocycles. The molecule has 26 heavy (non-hydrogen) atoms. The maximum absolute atomic E-state index is 11.9. The van der Waals surface area contributed by atoms with Crippen LogP contribution in [0.3, 0.4) is 0 Å². The Balaban J connectivity index is 1.63. The number of hydrogen-bond donors (Lipinski definition) is 1. The van der Waals surface area contributed by atoms with Gasteiger partial charge in [0, 0.05) is 28.2 Å². The van der Waals surface area contributed by atoms with Gasteiger partial charge in [-0.15, -0.1) is 5.10 Å². The standard InChI is InChI=1S/C17H11BrN4O4/c18-13-6-4-12(5-7-13)16-20-21-17(26-16)19-15(23)10-3-11-1-8-14(9-2-11)22(24)25/h1-10H,(H,19,21,23). The van der Waals surface area contributed by atoms with Gasteiger partial charge in [-0.2, -0.15) is 0 Å². The second-order valence-electron chi connectivity index (χ2n) is 5.09. The Morgan fingerprint density at radius 2 is 1.81 bits per heavy atom. The molecule has 8 nitrogen and oxygen atoms in total. The maximum Gasteiger partial charge on any atom is 0.322 e. The van der Waals surface area contributed by atoms with Crippen LogP contribution in [0.25, 0.3) is 17.5 Å². The van der Waals surface area contributed by atoms with Gasteiger partial charge < -0.3 is 4.42 Å². The number of non-ortho nitro benzene ring substituents is 1. The quantitative estimate of drug-likeness (QED) is 0.382. The number of benzene rings is 2. The summed E-state index contributed by atoms with van der Waals surface area (Å²) in [6.45, 7) is 0. The first-order chi connectivity index (χ1) is 12.5. The fourth-order valence-electron chi connectivity index (χ4n) is 2.01. The van der Waals surface area contributed by atoms with Gasteiger partial charge in [0.05, 0.1) is 4.92 Å². The smallest absolute Gasteiger partial charge is 0.322 e. The molecule has 0 radical (unpaired) electrons. The summed E-state index contributed by atoms with van der Waals surface area (Å²) in [5, 5.41) is 20.7. The lowest BCUT2D eigenvalue weighted by Crippen LogP contribution is -2.07. The Kier molecular flexibility index (Phi) is 5.18. The Morgan fingerprint density at radius 3 is 2.46 bits per heavy atom. The summed E-state index contributed by atoms with van der Waals surface area (Å²) in [6, 6.07) is 13.1. The molecule has 0 aliphatic rings. The number of halogens is 1. The van der Waals surface area contributed by atoms with Gasteiger partial charge in [-0.25, -0.2) is 0 Å². The molecule has 0 unspecified atom stereocenters. The number of amides is 1. The third-order valence-corrected chi connectivity index (χ3v) is 3.81. The minimum atomic E-state index is -0.487. The first-order valence-corrected chi connectivity index (χ1v) is 8.13. The second-order valence-corrected chi connectivity index (χ2v) is 6.01. The third kappa shape index (κ3) is 4.39. The van der Waals surface area contributed by atoms with E-state index in [1.165, 1.54) is 24.3 Å². The predicted octanol–water partition coefficient (Wildman–Crippen LogP) is 4.06. The van der Waals surface area contributed by atoms with Gasteiger partial charge in [-0.1, -0.05) is 21.0 Å². The summed E-state index contributed by atoms with van der Waals surface area (Å²) in [4.78, 5) is 22.0. The van der Waals surface area contributed by atoms with Crippen LogP contribution >= 0.6 is 15.9 Å². The summed E-state index contributed by atoms with van der Waals surface area (Å²) in [6.07, 6.45) is 2.79. The summed E-state index contributed by atoms with van der Waals surface area (Å²) >= 11 is 3.34. The number of rotatable bonds is 5. The summed E-state index contributed by atoms with van der Waals surface area (Å²) in [5.74, 6) is -0.179. The van der Waals surface area contributed by atoms with Crippen molar-refractivity contribution in [1.82, 2.24) is 10.2 Å². The van der Waals surface area contributed by atoms with Crippen LogP contribution in [0.4, 0.5) is 11.7 Å². The van der Waals surface area contributed by atoms with Crippen LogP contribution in [-0.4, -0.2) is 21.0 Å². The molecule has 2 aromatic carbocycles. The number of aromatic nitrogens is 2. The number of nitrogens with one attached hydrogen (secondary N) is 1. The highest BCUT2D eigenvalue weighted by atomic mass is 79.9. The molecular formula is C17H11BrN4O4. The molecule has 1 heterocycles. The van der Waals surface area contributed by atoms with Crippen molar-refractivity contribution in [2.75, 3.05) is 5.32 Å². The van der Waals surface area contributed by atoms with Crippen molar-refractivity contribution >= 4 is 39.6 Å². The van der Waals surface area contributed by atoms with Gasteiger partial charge >= 0.3 is 6.01 Å². The molecule has 0 bridgehead atoms. The topological polar surface area (TPSA) is 111 Å². The van der Waals surface area contributed by atoms with Crippen LogP contribution < -0.4 is 5.32 Å². The number of carbonyl (C=O) groups is 1. The van der Waals surface area contributed by atoms with Crippen molar-refractivity contribution in [3.05, 3.63) is 74.8 Å². The maximum atomic E-state index is 11.9. The van der Waals surface area contributed by atoms with Crippen molar-refractivity contribution in [3.8, 4) is 11.5 Å². The van der Waals surface area contributed by atoms with Gasteiger partial charge in [-0.05, 0) is 48.0 Å². The number of anilines is 1. The number of carbonyl (C=O) groups excluding carboxylic acids is 1. The van der Waals surface area contributed by atoms with E-state index in [0.29, 0.717) is 5.56 Å². The van der Waals surface area contributed by atoms with Crippen molar-refractivity contribution in [2.24, 2.45) is 0 Å². The van der Waals surface area contributed by atoms with Crippen LogP contribution in [0.2, 0.25) is 0 Å². The highest BCUT2D eigenvalue weighted by Crippen LogP contribution is 2.22. The zero-order valence-corrected chi connectivity index (χ0v) is 14.7. The van der Waals surface area contributed by atoms with Gasteiger partial charge in [-0.3, -0.25) is 20.2 Å². The second kappa shape index (κ2) is 7.70. The lowest BCUT2D eigenvalue weighted by atomic mass is 10.2. The zero-order valence-electron chi connectivity index (χ0n) is 13.1. The molecule has 0 spiro atoms. The average Bonchev–Trinajstić information content (AvgIpc) is 3.09. The van der Waals surface area contributed by atoms with Gasteiger partial charge in [0.25, 0.3) is 11.6 Å². The van der Waals surface area contributed by atoms with E-state index in [0.717, 1.165) is 10.0 Å². The summed E-state index contributed by atoms with van der Waals surface area (Å²) < 4.78 is 6.32. The highest BCUT2D eigenvalue weighted by Gasteiger charge is 2.10. The lowest BCUT2D eigenvalue weighted by Gasteiger charge is -1.96. The van der Waals surface area contributed by atoms with Crippen LogP contribution in [0.15, 0.2) is 63.5 Å². The average molecular weight is 415 g/mol. The van der Waals surface area contributed by atoms with E-state index in [4.69, 9.17) is 4.42 Å². The predicted molar refractivity (Wildman–Crippen MR) is 98.2 cm³/mol. The zero-order chi connectivity index (χ0) is 18.5. The highest BCUT2D eigenvalue weighted by molar-refractivity contribution is 9.10. The summed E-state index contributed by atoms with van der Waals surface area (Å²) in [7, 11) is 0. The first-order valence-electron chi connectivity index (χ1n) is 7.34. The molecule has 1 amide bonds. The van der Waals surface area contributed by atoms with Crippen molar-refractivity contribution in [2.45, 2.75) is 0 Å².